The number of ether oxygens (including phenoxy) is 2. The molecule has 0 spiro atoms. The number of carbonyl (C=O) groups excluding carboxylic acids is 1. The first-order chi connectivity index (χ1) is 15.5. The molecule has 0 unspecified atom stereocenters. The Morgan fingerprint density at radius 1 is 1.22 bits per heavy atom. The number of anilines is 2. The summed E-state index contributed by atoms with van der Waals surface area (Å²) in [5.41, 5.74) is 5.14. The van der Waals surface area contributed by atoms with Gasteiger partial charge in [0.1, 0.15) is 0 Å². The van der Waals surface area contributed by atoms with Gasteiger partial charge in [0.25, 0.3) is 5.95 Å². The van der Waals surface area contributed by atoms with Gasteiger partial charge in [0.2, 0.25) is 17.9 Å². The fourth-order valence-electron chi connectivity index (χ4n) is 2.84. The molecule has 0 saturated heterocycles. The Bertz CT molecular complexity index is 1170. The van der Waals surface area contributed by atoms with Gasteiger partial charge in [0.05, 0.1) is 17.2 Å². The Morgan fingerprint density at radius 3 is 2.88 bits per heavy atom. The molecule has 0 saturated carbocycles. The smallest absolute Gasteiger partial charge is 0.264 e. The van der Waals surface area contributed by atoms with Gasteiger partial charge in [0.15, 0.2) is 11.5 Å². The van der Waals surface area contributed by atoms with E-state index < -0.39 is 0 Å². The van der Waals surface area contributed by atoms with E-state index in [1.807, 2.05) is 55.6 Å². The first-order valence-corrected chi connectivity index (χ1v) is 11.7. The van der Waals surface area contributed by atoms with E-state index in [-0.39, 0.29) is 24.4 Å². The van der Waals surface area contributed by atoms with Crippen molar-refractivity contribution in [3.05, 3.63) is 48.0 Å². The van der Waals surface area contributed by atoms with Gasteiger partial charge in [0, 0.05) is 10.5 Å². The Hall–Kier alpha value is -3.38. The van der Waals surface area contributed by atoms with Crippen molar-refractivity contribution in [2.24, 2.45) is 5.10 Å². The number of aromatic nitrogens is 3. The number of nitrogens with zero attached hydrogens (tertiary/aromatic N) is 4. The molecule has 1 aromatic heterocycles. The SMILES string of the molecule is CSc1ccccc1NC(=O)CSc1nnc(N/N=C(\C)c2ccc3c(c2)OCO3)n1N. The van der Waals surface area contributed by atoms with Crippen molar-refractivity contribution in [1.82, 2.24) is 14.9 Å². The third-order valence-electron chi connectivity index (χ3n) is 4.49. The van der Waals surface area contributed by atoms with Crippen LogP contribution in [0.4, 0.5) is 11.6 Å². The lowest BCUT2D eigenvalue weighted by molar-refractivity contribution is -0.113. The summed E-state index contributed by atoms with van der Waals surface area (Å²) in [6.07, 6.45) is 1.96. The lowest BCUT2D eigenvalue weighted by atomic mass is 10.1. The summed E-state index contributed by atoms with van der Waals surface area (Å²) in [6.45, 7) is 2.06. The molecule has 1 aliphatic heterocycles. The van der Waals surface area contributed by atoms with Gasteiger partial charge in [-0.2, -0.15) is 5.10 Å². The van der Waals surface area contributed by atoms with Crippen LogP contribution in [0.5, 0.6) is 11.5 Å². The molecule has 32 heavy (non-hydrogen) atoms. The van der Waals surface area contributed by atoms with Gasteiger partial charge in [-0.3, -0.25) is 4.79 Å². The minimum absolute atomic E-state index is 0.136. The molecule has 0 bridgehead atoms. The van der Waals surface area contributed by atoms with Crippen LogP contribution in [0.25, 0.3) is 0 Å². The average molecular weight is 472 g/mol. The topological polar surface area (TPSA) is 129 Å². The molecule has 3 aromatic rings. The van der Waals surface area contributed by atoms with Gasteiger partial charge in [-0.05, 0) is 43.5 Å². The summed E-state index contributed by atoms with van der Waals surface area (Å²) < 4.78 is 12.0. The summed E-state index contributed by atoms with van der Waals surface area (Å²) in [6, 6.07) is 13.2. The van der Waals surface area contributed by atoms with E-state index in [9.17, 15) is 4.79 Å². The maximum absolute atomic E-state index is 12.3. The number of hydrogen-bond acceptors (Lipinski definition) is 10. The zero-order valence-electron chi connectivity index (χ0n) is 17.4. The number of amides is 1. The van der Waals surface area contributed by atoms with E-state index >= 15 is 0 Å². The van der Waals surface area contributed by atoms with Gasteiger partial charge >= 0.3 is 0 Å². The predicted molar refractivity (Wildman–Crippen MR) is 126 cm³/mol. The highest BCUT2D eigenvalue weighted by Crippen LogP contribution is 2.32. The summed E-state index contributed by atoms with van der Waals surface area (Å²) in [7, 11) is 0. The maximum atomic E-state index is 12.3. The lowest BCUT2D eigenvalue weighted by Crippen LogP contribution is -2.17. The van der Waals surface area contributed by atoms with E-state index in [1.54, 1.807) is 11.8 Å². The van der Waals surface area contributed by atoms with Crippen LogP contribution in [0.1, 0.15) is 12.5 Å². The first kappa shape index (κ1) is 21.8. The fraction of sp³-hybridized carbons (Fsp3) is 0.200. The summed E-state index contributed by atoms with van der Waals surface area (Å²) in [5, 5.41) is 15.6. The van der Waals surface area contributed by atoms with Crippen LogP contribution in [0.15, 0.2) is 57.6 Å². The van der Waals surface area contributed by atoms with Crippen LogP contribution in [-0.4, -0.2) is 45.3 Å². The van der Waals surface area contributed by atoms with Crippen LogP contribution in [0.2, 0.25) is 0 Å². The number of thioether (sulfide) groups is 2. The molecular weight excluding hydrogens is 450 g/mol. The zero-order chi connectivity index (χ0) is 22.5. The normalized spacial score (nSPS) is 12.6. The quantitative estimate of drug-likeness (QED) is 0.196. The van der Waals surface area contributed by atoms with E-state index in [2.05, 4.69) is 26.0 Å². The second kappa shape index (κ2) is 9.83. The number of hydrogen-bond donors (Lipinski definition) is 3. The van der Waals surface area contributed by atoms with Gasteiger partial charge < -0.3 is 20.6 Å². The number of para-hydroxylation sites is 1. The molecule has 4 N–H and O–H groups in total. The van der Waals surface area contributed by atoms with Crippen LogP contribution in [0, 0.1) is 0 Å². The highest BCUT2D eigenvalue weighted by molar-refractivity contribution is 7.99. The second-order valence-electron chi connectivity index (χ2n) is 6.59. The highest BCUT2D eigenvalue weighted by Gasteiger charge is 2.15. The molecule has 2 heterocycles. The lowest BCUT2D eigenvalue weighted by Gasteiger charge is -2.09. The Kier molecular flexibility index (Phi) is 6.71. The van der Waals surface area contributed by atoms with Gasteiger partial charge in [-0.1, -0.05) is 23.9 Å². The number of nitrogen functional groups attached to an aromatic ring is 1. The largest absolute Gasteiger partial charge is 0.454 e. The van der Waals surface area contributed by atoms with Gasteiger partial charge in [-0.25, -0.2) is 10.1 Å². The van der Waals surface area contributed by atoms with Crippen LogP contribution in [-0.2, 0) is 4.79 Å². The zero-order valence-corrected chi connectivity index (χ0v) is 19.0. The van der Waals surface area contributed by atoms with Crippen molar-refractivity contribution in [3.8, 4) is 11.5 Å². The van der Waals surface area contributed by atoms with Crippen LogP contribution >= 0.6 is 23.5 Å². The number of hydrazone groups is 1. The third-order valence-corrected chi connectivity index (χ3v) is 6.23. The van der Waals surface area contributed by atoms with Crippen molar-refractivity contribution in [2.45, 2.75) is 17.0 Å². The minimum atomic E-state index is -0.161. The van der Waals surface area contributed by atoms with Crippen molar-refractivity contribution in [3.63, 3.8) is 0 Å². The molecule has 1 amide bonds. The molecule has 166 valence electrons. The van der Waals surface area contributed by atoms with Crippen molar-refractivity contribution >= 4 is 46.8 Å². The highest BCUT2D eigenvalue weighted by atomic mass is 32.2. The molecule has 4 rings (SSSR count). The number of nitrogens with two attached hydrogens (primary N) is 1. The number of rotatable bonds is 8. The first-order valence-electron chi connectivity index (χ1n) is 9.51. The molecule has 0 radical (unpaired) electrons. The van der Waals surface area contributed by atoms with Crippen LogP contribution in [0.3, 0.4) is 0 Å². The van der Waals surface area contributed by atoms with E-state index in [1.165, 1.54) is 16.4 Å². The monoisotopic (exact) mass is 471 g/mol. The summed E-state index contributed by atoms with van der Waals surface area (Å²) >= 11 is 2.75. The fourth-order valence-corrected chi connectivity index (χ4v) is 4.05. The molecular formula is C20H21N7O3S2. The molecule has 1 aliphatic rings. The molecule has 2 aromatic carbocycles. The van der Waals surface area contributed by atoms with Crippen molar-refractivity contribution < 1.29 is 14.3 Å². The Morgan fingerprint density at radius 2 is 2.03 bits per heavy atom. The number of carbonyl (C=O) groups is 1. The minimum Gasteiger partial charge on any atom is -0.454 e. The predicted octanol–water partition coefficient (Wildman–Crippen LogP) is 3.01. The van der Waals surface area contributed by atoms with Crippen LogP contribution < -0.4 is 26.1 Å². The molecule has 12 heteroatoms. The maximum Gasteiger partial charge on any atom is 0.264 e. The van der Waals surface area contributed by atoms with E-state index in [4.69, 9.17) is 15.3 Å². The molecule has 10 nitrogen and oxygen atoms in total. The average Bonchev–Trinajstić information content (AvgIpc) is 3.42. The van der Waals surface area contributed by atoms with Crippen molar-refractivity contribution in [1.29, 1.82) is 0 Å². The molecule has 0 aliphatic carbocycles. The third kappa shape index (κ3) is 4.92. The Balaban J connectivity index is 1.35. The second-order valence-corrected chi connectivity index (χ2v) is 8.38. The van der Waals surface area contributed by atoms with E-state index in [0.29, 0.717) is 22.4 Å². The summed E-state index contributed by atoms with van der Waals surface area (Å²) in [5.74, 6) is 7.66. The number of nitrogens with one attached hydrogen (secondary N) is 2. The summed E-state index contributed by atoms with van der Waals surface area (Å²) in [4.78, 5) is 13.3. The van der Waals surface area contributed by atoms with Crippen molar-refractivity contribution in [2.75, 3.05) is 35.4 Å². The number of fused-ring (bicyclic) bond motifs is 1. The van der Waals surface area contributed by atoms with E-state index in [0.717, 1.165) is 16.1 Å². The molecule has 0 fully saturated rings. The standard InChI is InChI=1S/C20H21N7O3S2/c1-12(13-7-8-15-16(9-13)30-11-29-15)23-24-19-25-26-20(27(19)21)32-10-18(28)22-14-5-3-4-6-17(14)31-2/h3-9H,10-11,21H2,1-2H3,(H,22,28)(H,24,25)/b23-12+. The molecule has 0 atom stereocenters. The number of benzene rings is 2. The Labute approximate surface area is 192 Å². The van der Waals surface area contributed by atoms with Gasteiger partial charge in [-0.15, -0.1) is 22.0 Å².